The van der Waals surface area contributed by atoms with E-state index in [1.807, 2.05) is 0 Å². The second kappa shape index (κ2) is 5.37. The first-order chi connectivity index (χ1) is 8.28. The minimum absolute atomic E-state index is 0.673. The van der Waals surface area contributed by atoms with Gasteiger partial charge in [-0.25, -0.2) is 0 Å². The lowest BCUT2D eigenvalue weighted by molar-refractivity contribution is 0.322. The molecule has 0 saturated carbocycles. The van der Waals surface area contributed by atoms with Crippen molar-refractivity contribution < 1.29 is 9.94 Å². The molecule has 0 atom stereocenters. The van der Waals surface area contributed by atoms with Crippen LogP contribution in [0.1, 0.15) is 5.56 Å². The molecule has 0 amide bonds. The van der Waals surface area contributed by atoms with Crippen molar-refractivity contribution in [2.24, 2.45) is 5.16 Å². The summed E-state index contributed by atoms with van der Waals surface area (Å²) in [5, 5.41) is 12.0. The maximum Gasteiger partial charge on any atom is 0.127 e. The zero-order valence-electron chi connectivity index (χ0n) is 8.88. The van der Waals surface area contributed by atoms with E-state index < -0.39 is 0 Å². The van der Waals surface area contributed by atoms with Gasteiger partial charge in [-0.3, -0.25) is 0 Å². The van der Waals surface area contributed by atoms with Crippen LogP contribution in [0, 0.1) is 0 Å². The molecule has 0 aliphatic rings. The lowest BCUT2D eigenvalue weighted by atomic mass is 10.2. The Morgan fingerprint density at radius 1 is 0.941 bits per heavy atom. The van der Waals surface area contributed by atoms with Crippen LogP contribution in [-0.4, -0.2) is 11.4 Å². The molecule has 0 aliphatic heterocycles. The van der Waals surface area contributed by atoms with E-state index in [0.29, 0.717) is 10.8 Å². The highest BCUT2D eigenvalue weighted by Gasteiger charge is 1.97. The fourth-order valence-electron chi connectivity index (χ4n) is 1.33. The summed E-state index contributed by atoms with van der Waals surface area (Å²) in [4.78, 5) is 0. The van der Waals surface area contributed by atoms with Crippen molar-refractivity contribution in [2.45, 2.75) is 0 Å². The summed E-state index contributed by atoms with van der Waals surface area (Å²) in [7, 11) is 0. The third-order valence-corrected chi connectivity index (χ3v) is 2.39. The number of rotatable bonds is 3. The van der Waals surface area contributed by atoms with E-state index in [1.165, 1.54) is 6.21 Å². The predicted molar refractivity (Wildman–Crippen MR) is 67.3 cm³/mol. The van der Waals surface area contributed by atoms with Gasteiger partial charge in [0.25, 0.3) is 0 Å². The van der Waals surface area contributed by atoms with Gasteiger partial charge in [0, 0.05) is 5.02 Å². The summed E-state index contributed by atoms with van der Waals surface area (Å²) in [6.07, 6.45) is 1.35. The van der Waals surface area contributed by atoms with Crippen molar-refractivity contribution in [3.05, 3.63) is 59.1 Å². The van der Waals surface area contributed by atoms with Gasteiger partial charge in [0.15, 0.2) is 0 Å². The van der Waals surface area contributed by atoms with Crippen molar-refractivity contribution in [3.8, 4) is 11.5 Å². The third kappa shape index (κ3) is 3.23. The highest BCUT2D eigenvalue weighted by atomic mass is 35.5. The average Bonchev–Trinajstić information content (AvgIpc) is 2.35. The average molecular weight is 248 g/mol. The molecule has 0 radical (unpaired) electrons. The van der Waals surface area contributed by atoms with Gasteiger partial charge in [0.2, 0.25) is 0 Å². The Hall–Kier alpha value is -2.00. The molecule has 1 N–H and O–H groups in total. The summed E-state index contributed by atoms with van der Waals surface area (Å²) in [6.45, 7) is 0. The van der Waals surface area contributed by atoms with E-state index >= 15 is 0 Å². The van der Waals surface area contributed by atoms with E-state index in [1.54, 1.807) is 48.5 Å². The van der Waals surface area contributed by atoms with Gasteiger partial charge < -0.3 is 9.94 Å². The molecule has 2 rings (SSSR count). The number of hydrogen-bond donors (Lipinski definition) is 1. The first kappa shape index (κ1) is 11.5. The van der Waals surface area contributed by atoms with E-state index in [0.717, 1.165) is 11.3 Å². The Labute approximate surface area is 104 Å². The standard InChI is InChI=1S/C13H10ClNO2/c14-11-3-7-13(8-4-11)17-12-5-1-10(2-6-12)9-15-16/h1-9,16H/b15-9+. The van der Waals surface area contributed by atoms with Gasteiger partial charge in [0.05, 0.1) is 6.21 Å². The number of hydrogen-bond acceptors (Lipinski definition) is 3. The molecule has 0 unspecified atom stereocenters. The molecule has 0 fully saturated rings. The normalized spacial score (nSPS) is 10.6. The molecule has 0 aromatic heterocycles. The van der Waals surface area contributed by atoms with Crippen LogP contribution in [0.2, 0.25) is 5.02 Å². The minimum Gasteiger partial charge on any atom is -0.457 e. The van der Waals surface area contributed by atoms with Crippen LogP contribution >= 0.6 is 11.6 Å². The number of oxime groups is 1. The Morgan fingerprint density at radius 2 is 1.47 bits per heavy atom. The van der Waals surface area contributed by atoms with Gasteiger partial charge in [-0.2, -0.15) is 0 Å². The van der Waals surface area contributed by atoms with Crippen LogP contribution in [0.5, 0.6) is 11.5 Å². The molecular weight excluding hydrogens is 238 g/mol. The van der Waals surface area contributed by atoms with E-state index in [2.05, 4.69) is 5.16 Å². The quantitative estimate of drug-likeness (QED) is 0.507. The molecule has 2 aromatic rings. The molecule has 0 saturated heterocycles. The van der Waals surface area contributed by atoms with Crippen LogP contribution in [0.4, 0.5) is 0 Å². The lowest BCUT2D eigenvalue weighted by Crippen LogP contribution is -1.85. The zero-order chi connectivity index (χ0) is 12.1. The Balaban J connectivity index is 2.11. The largest absolute Gasteiger partial charge is 0.457 e. The summed E-state index contributed by atoms with van der Waals surface area (Å²) < 4.78 is 5.60. The molecular formula is C13H10ClNO2. The molecule has 0 spiro atoms. The van der Waals surface area contributed by atoms with Gasteiger partial charge in [0.1, 0.15) is 11.5 Å². The zero-order valence-corrected chi connectivity index (χ0v) is 9.63. The topological polar surface area (TPSA) is 41.8 Å². The number of nitrogens with zero attached hydrogens (tertiary/aromatic N) is 1. The fourth-order valence-corrected chi connectivity index (χ4v) is 1.45. The van der Waals surface area contributed by atoms with Crippen molar-refractivity contribution >= 4 is 17.8 Å². The molecule has 86 valence electrons. The maximum absolute atomic E-state index is 8.38. The Morgan fingerprint density at radius 3 is 2.00 bits per heavy atom. The van der Waals surface area contributed by atoms with Crippen molar-refractivity contribution in [1.29, 1.82) is 0 Å². The molecule has 17 heavy (non-hydrogen) atoms. The van der Waals surface area contributed by atoms with Crippen LogP contribution in [-0.2, 0) is 0 Å². The van der Waals surface area contributed by atoms with Gasteiger partial charge in [-0.05, 0) is 54.1 Å². The third-order valence-electron chi connectivity index (χ3n) is 2.14. The number of ether oxygens (including phenoxy) is 1. The summed E-state index contributed by atoms with van der Waals surface area (Å²) >= 11 is 5.78. The van der Waals surface area contributed by atoms with Crippen molar-refractivity contribution in [3.63, 3.8) is 0 Å². The summed E-state index contributed by atoms with van der Waals surface area (Å²) in [5.74, 6) is 1.43. The van der Waals surface area contributed by atoms with Gasteiger partial charge >= 0.3 is 0 Å². The Kier molecular flexibility index (Phi) is 3.62. The van der Waals surface area contributed by atoms with Gasteiger partial charge in [-0.1, -0.05) is 16.8 Å². The second-order valence-electron chi connectivity index (χ2n) is 3.37. The monoisotopic (exact) mass is 247 g/mol. The highest BCUT2D eigenvalue weighted by molar-refractivity contribution is 6.30. The van der Waals surface area contributed by atoms with E-state index in [9.17, 15) is 0 Å². The number of benzene rings is 2. The van der Waals surface area contributed by atoms with E-state index in [4.69, 9.17) is 21.5 Å². The minimum atomic E-state index is 0.673. The SMILES string of the molecule is O/N=C/c1ccc(Oc2ccc(Cl)cc2)cc1. The lowest BCUT2D eigenvalue weighted by Gasteiger charge is -2.05. The van der Waals surface area contributed by atoms with Crippen molar-refractivity contribution in [2.75, 3.05) is 0 Å². The summed E-state index contributed by atoms with van der Waals surface area (Å²) in [6, 6.07) is 14.3. The predicted octanol–water partition coefficient (Wildman–Crippen LogP) is 3.94. The molecule has 4 heteroatoms. The highest BCUT2D eigenvalue weighted by Crippen LogP contribution is 2.22. The van der Waals surface area contributed by atoms with Crippen LogP contribution in [0.15, 0.2) is 53.7 Å². The van der Waals surface area contributed by atoms with Crippen LogP contribution < -0.4 is 4.74 Å². The second-order valence-corrected chi connectivity index (χ2v) is 3.81. The fraction of sp³-hybridized carbons (Fsp3) is 0. The van der Waals surface area contributed by atoms with Crippen LogP contribution in [0.25, 0.3) is 0 Å². The molecule has 0 aliphatic carbocycles. The van der Waals surface area contributed by atoms with Gasteiger partial charge in [-0.15, -0.1) is 0 Å². The Bertz CT molecular complexity index is 506. The molecule has 2 aromatic carbocycles. The number of halogens is 1. The smallest absolute Gasteiger partial charge is 0.127 e. The van der Waals surface area contributed by atoms with Crippen LogP contribution in [0.3, 0.4) is 0 Å². The maximum atomic E-state index is 8.38. The van der Waals surface area contributed by atoms with E-state index in [-0.39, 0.29) is 0 Å². The first-order valence-corrected chi connectivity index (χ1v) is 5.36. The molecule has 0 bridgehead atoms. The molecule has 0 heterocycles. The summed E-state index contributed by atoms with van der Waals surface area (Å²) in [5.41, 5.74) is 0.802. The molecule has 3 nitrogen and oxygen atoms in total. The van der Waals surface area contributed by atoms with Crippen molar-refractivity contribution in [1.82, 2.24) is 0 Å². The first-order valence-electron chi connectivity index (χ1n) is 4.99.